The summed E-state index contributed by atoms with van der Waals surface area (Å²) in [5, 5.41) is 2.86. The second-order valence-corrected chi connectivity index (χ2v) is 16.9. The lowest BCUT2D eigenvalue weighted by molar-refractivity contribution is -0.145. The van der Waals surface area contributed by atoms with Crippen LogP contribution in [0.4, 0.5) is 29.3 Å². The van der Waals surface area contributed by atoms with Gasteiger partial charge in [-0.1, -0.05) is 29.8 Å². The number of para-hydroxylation sites is 1. The topological polar surface area (TPSA) is 127 Å². The van der Waals surface area contributed by atoms with Crippen molar-refractivity contribution in [2.75, 3.05) is 116 Å². The number of hydrogen-bond donors (Lipinski definition) is 2. The Labute approximate surface area is 349 Å². The van der Waals surface area contributed by atoms with E-state index >= 15 is 0 Å². The molecular weight excluding hydrogens is 789 g/mol. The second-order valence-electron chi connectivity index (χ2n) is 16.5. The quantitative estimate of drug-likeness (QED) is 0.182. The van der Waals surface area contributed by atoms with Crippen LogP contribution in [0.2, 0.25) is 5.02 Å². The molecule has 5 heterocycles. The Morgan fingerprint density at radius 2 is 1.59 bits per heavy atom. The molecule has 1 atom stereocenters. The van der Waals surface area contributed by atoms with Crippen LogP contribution in [-0.4, -0.2) is 170 Å². The number of anilines is 2. The largest absolute Gasteiger partial charge is 0.465 e. The van der Waals surface area contributed by atoms with E-state index in [0.29, 0.717) is 76.9 Å². The van der Waals surface area contributed by atoms with E-state index < -0.39 is 23.5 Å². The SMILES string of the molecule is Nc1c(Cl)cc(C[C@H](C(=O)N2CCN(C3CCN(CC(=O)OCCCN4CCOCC4)CC3)CC2)N2CCC(N3CCc4ccccc4NC3=O)CC2)cc1C(F)(F)F. The van der Waals surface area contributed by atoms with Gasteiger partial charge in [0.25, 0.3) is 0 Å². The summed E-state index contributed by atoms with van der Waals surface area (Å²) >= 11 is 6.25. The molecule has 0 unspecified atom stereocenters. The molecule has 5 aliphatic heterocycles. The van der Waals surface area contributed by atoms with Crippen molar-refractivity contribution in [2.24, 2.45) is 0 Å². The Balaban J connectivity index is 0.927. The summed E-state index contributed by atoms with van der Waals surface area (Å²) in [6, 6.07) is 9.69. The Bertz CT molecular complexity index is 1760. The number of morpholine rings is 1. The predicted octanol–water partition coefficient (Wildman–Crippen LogP) is 4.28. The van der Waals surface area contributed by atoms with Gasteiger partial charge in [0.15, 0.2) is 0 Å². The molecule has 0 bridgehead atoms. The van der Waals surface area contributed by atoms with Crippen LogP contribution >= 0.6 is 11.6 Å². The van der Waals surface area contributed by atoms with E-state index in [-0.39, 0.29) is 41.9 Å². The van der Waals surface area contributed by atoms with Crippen molar-refractivity contribution < 1.29 is 37.0 Å². The number of hydrogen-bond acceptors (Lipinski definition) is 10. The first-order chi connectivity index (χ1) is 28.4. The number of nitrogens with one attached hydrogen (secondary N) is 1. The number of piperazine rings is 1. The maximum Gasteiger partial charge on any atom is 0.418 e. The summed E-state index contributed by atoms with van der Waals surface area (Å²) in [5.74, 6) is -0.309. The highest BCUT2D eigenvalue weighted by Gasteiger charge is 2.39. The van der Waals surface area contributed by atoms with Gasteiger partial charge in [0.05, 0.1) is 48.7 Å². The van der Waals surface area contributed by atoms with Crippen LogP contribution in [-0.2, 0) is 38.1 Å². The number of nitrogens with zero attached hydrogens (tertiary/aromatic N) is 6. The average Bonchev–Trinajstić information content (AvgIpc) is 3.41. The molecule has 0 radical (unpaired) electrons. The van der Waals surface area contributed by atoms with Crippen molar-refractivity contribution in [3.8, 4) is 0 Å². The highest BCUT2D eigenvalue weighted by atomic mass is 35.5. The smallest absolute Gasteiger partial charge is 0.418 e. The normalized spacial score (nSPS) is 21.8. The molecule has 4 saturated heterocycles. The first kappa shape index (κ1) is 43.4. The summed E-state index contributed by atoms with van der Waals surface area (Å²) in [7, 11) is 0. The highest BCUT2D eigenvalue weighted by molar-refractivity contribution is 6.33. The third-order valence-corrected chi connectivity index (χ3v) is 13.1. The van der Waals surface area contributed by atoms with E-state index in [1.54, 1.807) is 0 Å². The molecule has 5 aliphatic rings. The minimum absolute atomic E-state index is 0.0368. The minimum atomic E-state index is -4.70. The number of nitrogen functional groups attached to an aromatic ring is 1. The number of fused-ring (bicyclic) bond motifs is 1. The number of carbonyl (C=O) groups is 3. The fourth-order valence-corrected chi connectivity index (χ4v) is 9.60. The van der Waals surface area contributed by atoms with E-state index in [0.717, 1.165) is 88.9 Å². The zero-order valence-corrected chi connectivity index (χ0v) is 34.5. The van der Waals surface area contributed by atoms with Gasteiger partial charge in [-0.25, -0.2) is 4.79 Å². The molecule has 13 nitrogen and oxygen atoms in total. The Morgan fingerprint density at radius 1 is 0.898 bits per heavy atom. The lowest BCUT2D eigenvalue weighted by atomic mass is 9.95. The molecule has 324 valence electrons. The minimum Gasteiger partial charge on any atom is -0.465 e. The van der Waals surface area contributed by atoms with Gasteiger partial charge in [0.1, 0.15) is 0 Å². The summed E-state index contributed by atoms with van der Waals surface area (Å²) < 4.78 is 52.9. The van der Waals surface area contributed by atoms with Crippen LogP contribution in [0.25, 0.3) is 0 Å². The monoisotopic (exact) mass is 846 g/mol. The number of benzene rings is 2. The summed E-state index contributed by atoms with van der Waals surface area (Å²) in [5.41, 5.74) is 6.43. The Kier molecular flexibility index (Phi) is 14.6. The van der Waals surface area contributed by atoms with Crippen molar-refractivity contribution in [1.82, 2.24) is 29.4 Å². The number of halogens is 4. The van der Waals surface area contributed by atoms with Crippen LogP contribution in [0.15, 0.2) is 36.4 Å². The second kappa shape index (κ2) is 19.8. The molecule has 2 aromatic rings. The number of alkyl halides is 3. The summed E-state index contributed by atoms with van der Waals surface area (Å²) in [4.78, 5) is 53.0. The molecule has 2 aromatic carbocycles. The first-order valence-corrected chi connectivity index (χ1v) is 21.6. The van der Waals surface area contributed by atoms with Crippen molar-refractivity contribution in [2.45, 2.75) is 69.2 Å². The van der Waals surface area contributed by atoms with Gasteiger partial charge in [-0.15, -0.1) is 0 Å². The molecule has 3 N–H and O–H groups in total. The predicted molar refractivity (Wildman–Crippen MR) is 219 cm³/mol. The number of esters is 1. The molecule has 7 rings (SSSR count). The summed E-state index contributed by atoms with van der Waals surface area (Å²) in [6.45, 7) is 10.5. The van der Waals surface area contributed by atoms with Crippen molar-refractivity contribution in [1.29, 1.82) is 0 Å². The molecule has 3 amide bonds. The van der Waals surface area contributed by atoms with Crippen LogP contribution < -0.4 is 11.1 Å². The zero-order valence-electron chi connectivity index (χ0n) is 33.8. The third kappa shape index (κ3) is 11.2. The van der Waals surface area contributed by atoms with Gasteiger partial charge in [-0.2, -0.15) is 13.2 Å². The molecule has 17 heteroatoms. The lowest BCUT2D eigenvalue weighted by Gasteiger charge is -2.45. The van der Waals surface area contributed by atoms with Gasteiger partial charge in [0.2, 0.25) is 5.91 Å². The van der Waals surface area contributed by atoms with Crippen LogP contribution in [0, 0.1) is 0 Å². The molecule has 0 spiro atoms. The fraction of sp³-hybridized carbons (Fsp3) is 0.643. The molecular formula is C42H58ClF3N8O5. The van der Waals surface area contributed by atoms with E-state index in [2.05, 4.69) is 24.9 Å². The van der Waals surface area contributed by atoms with Crippen molar-refractivity contribution in [3.05, 3.63) is 58.1 Å². The van der Waals surface area contributed by atoms with Crippen LogP contribution in [0.5, 0.6) is 0 Å². The number of rotatable bonds is 12. The fourth-order valence-electron chi connectivity index (χ4n) is 9.36. The van der Waals surface area contributed by atoms with E-state index in [9.17, 15) is 27.6 Å². The lowest BCUT2D eigenvalue weighted by Crippen LogP contribution is -2.59. The van der Waals surface area contributed by atoms with E-state index in [1.807, 2.05) is 34.1 Å². The maximum absolute atomic E-state index is 14.5. The number of carbonyl (C=O) groups excluding carboxylic acids is 3. The number of amides is 3. The molecule has 0 aliphatic carbocycles. The molecule has 4 fully saturated rings. The Hall–Kier alpha value is -3.67. The van der Waals surface area contributed by atoms with Crippen LogP contribution in [0.3, 0.4) is 0 Å². The third-order valence-electron chi connectivity index (χ3n) is 12.8. The van der Waals surface area contributed by atoms with Gasteiger partial charge < -0.3 is 30.3 Å². The number of nitrogens with two attached hydrogens (primary N) is 1. The maximum atomic E-state index is 14.5. The number of urea groups is 1. The zero-order chi connectivity index (χ0) is 41.5. The number of ether oxygens (including phenoxy) is 2. The van der Waals surface area contributed by atoms with E-state index in [4.69, 9.17) is 26.8 Å². The summed E-state index contributed by atoms with van der Waals surface area (Å²) in [6.07, 6.45) is -0.0371. The van der Waals surface area contributed by atoms with E-state index in [1.165, 1.54) is 6.07 Å². The molecule has 0 aromatic heterocycles. The van der Waals surface area contributed by atoms with Gasteiger partial charge in [-0.05, 0) is 74.3 Å². The van der Waals surface area contributed by atoms with Gasteiger partial charge in [-0.3, -0.25) is 29.2 Å². The highest BCUT2D eigenvalue weighted by Crippen LogP contribution is 2.38. The van der Waals surface area contributed by atoms with Crippen molar-refractivity contribution >= 4 is 40.9 Å². The van der Waals surface area contributed by atoms with Gasteiger partial charge >= 0.3 is 18.2 Å². The average molecular weight is 847 g/mol. The standard InChI is InChI=1S/C42H58ClF3N8O5/c43-35-27-30(26-34(39(35)47)42(44,45)46)28-37(52-14-9-33(10-15-52)54-16-6-31-4-1-2-5-36(31)48-41(54)57)40(56)53-19-17-51(18-20-53)32-7-12-50(13-8-32)29-38(55)59-23-3-11-49-21-24-58-25-22-49/h1-2,4-5,26-27,32-33,37H,3,6-25,28-29,47H2,(H,48,57)/t37-/m1/s1. The van der Waals surface area contributed by atoms with Gasteiger partial charge in [0, 0.05) is 96.3 Å². The molecule has 59 heavy (non-hydrogen) atoms. The number of piperidine rings is 2. The Morgan fingerprint density at radius 3 is 2.31 bits per heavy atom. The van der Waals surface area contributed by atoms with Crippen LogP contribution in [0.1, 0.15) is 48.8 Å². The molecule has 0 saturated carbocycles. The first-order valence-electron chi connectivity index (χ1n) is 21.2. The van der Waals surface area contributed by atoms with Crippen molar-refractivity contribution in [3.63, 3.8) is 0 Å². The number of likely N-dealkylation sites (tertiary alicyclic amines) is 2.